The zero-order valence-electron chi connectivity index (χ0n) is 30.4. The van der Waals surface area contributed by atoms with E-state index in [9.17, 15) is 0 Å². The van der Waals surface area contributed by atoms with Crippen molar-refractivity contribution in [1.82, 2.24) is 0 Å². The number of para-hydroxylation sites is 1. The Balaban J connectivity index is 1.10. The number of aryl methyl sites for hydroxylation is 1. The molecule has 0 atom stereocenters. The molecule has 260 valence electrons. The van der Waals surface area contributed by atoms with Crippen LogP contribution in [0, 0.1) is 6.92 Å². The largest absolute Gasteiger partial charge is 0.311 e. The van der Waals surface area contributed by atoms with E-state index in [0.29, 0.717) is 0 Å². The molecular formula is C51H41N3. The Bertz CT molecular complexity index is 2600. The number of hydrogen-bond donors (Lipinski definition) is 0. The van der Waals surface area contributed by atoms with Crippen molar-refractivity contribution in [3.05, 3.63) is 218 Å². The van der Waals surface area contributed by atoms with Gasteiger partial charge in [-0.2, -0.15) is 0 Å². The number of rotatable bonds is 9. The second kappa shape index (κ2) is 14.7. The molecule has 3 heteroatoms. The van der Waals surface area contributed by atoms with Crippen LogP contribution < -0.4 is 14.7 Å². The van der Waals surface area contributed by atoms with Crippen molar-refractivity contribution in [2.75, 3.05) is 14.7 Å². The number of nitrogens with zero attached hydrogens (tertiary/aromatic N) is 3. The fourth-order valence-electron chi connectivity index (χ4n) is 7.51. The Morgan fingerprint density at radius 1 is 0.333 bits per heavy atom. The van der Waals surface area contributed by atoms with Crippen LogP contribution in [0.1, 0.15) is 18.4 Å². The van der Waals surface area contributed by atoms with Crippen LogP contribution in [0.3, 0.4) is 0 Å². The molecule has 8 aromatic carbocycles. The highest BCUT2D eigenvalue weighted by Crippen LogP contribution is 2.41. The molecule has 3 nitrogen and oxygen atoms in total. The minimum absolute atomic E-state index is 1.04. The van der Waals surface area contributed by atoms with E-state index in [1.807, 2.05) is 0 Å². The molecule has 0 bridgehead atoms. The Labute approximate surface area is 318 Å². The molecule has 0 fully saturated rings. The fraction of sp³-hybridized carbons (Fsp3) is 0.0588. The molecule has 0 heterocycles. The van der Waals surface area contributed by atoms with Crippen LogP contribution in [0.4, 0.5) is 45.5 Å². The standard InChI is InChI=1S/C51H41N3/c1-38-20-24-45(25-21-38)52(46-28-32-48(33-29-46)53(43-16-4-2-5-17-43)50-26-22-39-12-8-10-14-41(39)36-50)47-30-34-49(35-31-47)54(44-18-6-3-7-19-44)51-27-23-40-13-9-11-15-42(40)37-51/h2,4-6,8-37H,3,7H2,1H3. The SMILES string of the molecule is Cc1ccc(N(c2ccc(N(C3=CCCC=C3)c3ccc4ccccc4c3)cc2)c2ccc(N(c3ccccc3)c3ccc4ccccc4c3)cc2)cc1. The topological polar surface area (TPSA) is 9.72 Å². The summed E-state index contributed by atoms with van der Waals surface area (Å²) < 4.78 is 0. The first-order chi connectivity index (χ1) is 26.7. The Morgan fingerprint density at radius 3 is 1.22 bits per heavy atom. The summed E-state index contributed by atoms with van der Waals surface area (Å²) in [6.45, 7) is 2.14. The number of hydrogen-bond acceptors (Lipinski definition) is 3. The third kappa shape index (κ3) is 6.64. The van der Waals surface area contributed by atoms with E-state index in [1.54, 1.807) is 0 Å². The van der Waals surface area contributed by atoms with Gasteiger partial charge < -0.3 is 14.7 Å². The van der Waals surface area contributed by atoms with E-state index < -0.39 is 0 Å². The maximum absolute atomic E-state index is 2.38. The monoisotopic (exact) mass is 695 g/mol. The lowest BCUT2D eigenvalue weighted by Gasteiger charge is -2.30. The summed E-state index contributed by atoms with van der Waals surface area (Å²) in [6, 6.07) is 67.9. The summed E-state index contributed by atoms with van der Waals surface area (Å²) >= 11 is 0. The van der Waals surface area contributed by atoms with Crippen LogP contribution in [-0.2, 0) is 0 Å². The van der Waals surface area contributed by atoms with Crippen molar-refractivity contribution in [3.63, 3.8) is 0 Å². The van der Waals surface area contributed by atoms with Gasteiger partial charge in [-0.15, -0.1) is 0 Å². The maximum Gasteiger partial charge on any atom is 0.0468 e. The predicted molar refractivity (Wildman–Crippen MR) is 231 cm³/mol. The van der Waals surface area contributed by atoms with E-state index >= 15 is 0 Å². The van der Waals surface area contributed by atoms with Crippen molar-refractivity contribution >= 4 is 67.0 Å². The molecule has 0 saturated heterocycles. The normalized spacial score (nSPS) is 12.4. The van der Waals surface area contributed by atoms with Crippen LogP contribution in [0.15, 0.2) is 212 Å². The van der Waals surface area contributed by atoms with Crippen molar-refractivity contribution < 1.29 is 0 Å². The summed E-state index contributed by atoms with van der Waals surface area (Å²) in [5.41, 5.74) is 11.3. The van der Waals surface area contributed by atoms with Crippen LogP contribution in [-0.4, -0.2) is 0 Å². The van der Waals surface area contributed by atoms with E-state index in [-0.39, 0.29) is 0 Å². The highest BCUT2D eigenvalue weighted by atomic mass is 15.2. The van der Waals surface area contributed by atoms with Crippen molar-refractivity contribution in [1.29, 1.82) is 0 Å². The molecule has 0 radical (unpaired) electrons. The molecule has 0 aromatic heterocycles. The quantitative estimate of drug-likeness (QED) is 0.149. The lowest BCUT2D eigenvalue weighted by molar-refractivity contribution is 0.997. The van der Waals surface area contributed by atoms with Gasteiger partial charge in [0.1, 0.15) is 0 Å². The predicted octanol–water partition coefficient (Wildman–Crippen LogP) is 14.6. The highest BCUT2D eigenvalue weighted by molar-refractivity contribution is 5.90. The number of anilines is 8. The summed E-state index contributed by atoms with van der Waals surface area (Å²) in [5.74, 6) is 0. The van der Waals surface area contributed by atoms with Gasteiger partial charge in [0, 0.05) is 51.2 Å². The van der Waals surface area contributed by atoms with Crippen LogP contribution >= 0.6 is 0 Å². The van der Waals surface area contributed by atoms with Gasteiger partial charge in [-0.25, -0.2) is 0 Å². The summed E-state index contributed by atoms with van der Waals surface area (Å²) in [5, 5.41) is 4.93. The van der Waals surface area contributed by atoms with Crippen LogP contribution in [0.25, 0.3) is 21.5 Å². The van der Waals surface area contributed by atoms with E-state index in [2.05, 4.69) is 228 Å². The molecule has 9 rings (SSSR count). The minimum atomic E-state index is 1.04. The molecule has 0 unspecified atom stereocenters. The third-order valence-electron chi connectivity index (χ3n) is 10.3. The maximum atomic E-state index is 2.38. The molecule has 54 heavy (non-hydrogen) atoms. The molecule has 1 aliphatic rings. The Morgan fingerprint density at radius 2 is 0.722 bits per heavy atom. The lowest BCUT2D eigenvalue weighted by Crippen LogP contribution is -2.16. The average Bonchev–Trinajstić information content (AvgIpc) is 3.24. The van der Waals surface area contributed by atoms with Crippen LogP contribution in [0.5, 0.6) is 0 Å². The smallest absolute Gasteiger partial charge is 0.0468 e. The van der Waals surface area contributed by atoms with E-state index in [0.717, 1.165) is 58.3 Å². The molecule has 8 aromatic rings. The van der Waals surface area contributed by atoms with Gasteiger partial charge in [0.2, 0.25) is 0 Å². The summed E-state index contributed by atoms with van der Waals surface area (Å²) in [4.78, 5) is 7.05. The molecule has 0 amide bonds. The molecule has 1 aliphatic carbocycles. The van der Waals surface area contributed by atoms with Gasteiger partial charge in [-0.3, -0.25) is 0 Å². The fourth-order valence-corrected chi connectivity index (χ4v) is 7.51. The van der Waals surface area contributed by atoms with E-state index in [4.69, 9.17) is 0 Å². The number of allylic oxidation sites excluding steroid dienone is 3. The van der Waals surface area contributed by atoms with Gasteiger partial charge in [-0.1, -0.05) is 109 Å². The zero-order valence-corrected chi connectivity index (χ0v) is 30.4. The van der Waals surface area contributed by atoms with Gasteiger partial charge in [-0.05, 0) is 144 Å². The first kappa shape index (κ1) is 33.0. The second-order valence-electron chi connectivity index (χ2n) is 13.9. The number of benzene rings is 8. The summed E-state index contributed by atoms with van der Waals surface area (Å²) in [7, 11) is 0. The van der Waals surface area contributed by atoms with Gasteiger partial charge in [0.25, 0.3) is 0 Å². The molecular weight excluding hydrogens is 655 g/mol. The third-order valence-corrected chi connectivity index (χ3v) is 10.3. The van der Waals surface area contributed by atoms with E-state index in [1.165, 1.54) is 32.8 Å². The highest BCUT2D eigenvalue weighted by Gasteiger charge is 2.19. The van der Waals surface area contributed by atoms with Gasteiger partial charge >= 0.3 is 0 Å². The minimum Gasteiger partial charge on any atom is -0.311 e. The van der Waals surface area contributed by atoms with Crippen molar-refractivity contribution in [2.24, 2.45) is 0 Å². The second-order valence-corrected chi connectivity index (χ2v) is 13.9. The zero-order chi connectivity index (χ0) is 36.3. The Hall–Kier alpha value is -6.84. The van der Waals surface area contributed by atoms with Gasteiger partial charge in [0.15, 0.2) is 0 Å². The molecule has 0 saturated carbocycles. The molecule has 0 N–H and O–H groups in total. The summed E-state index contributed by atoms with van der Waals surface area (Å²) in [6.07, 6.45) is 8.99. The van der Waals surface area contributed by atoms with Crippen LogP contribution in [0.2, 0.25) is 0 Å². The van der Waals surface area contributed by atoms with Gasteiger partial charge in [0.05, 0.1) is 0 Å². The first-order valence-electron chi connectivity index (χ1n) is 18.7. The average molecular weight is 696 g/mol. The molecule has 0 aliphatic heterocycles. The molecule has 0 spiro atoms. The number of fused-ring (bicyclic) bond motifs is 2. The Kier molecular flexibility index (Phi) is 8.96. The lowest BCUT2D eigenvalue weighted by atomic mass is 10.1. The first-order valence-corrected chi connectivity index (χ1v) is 18.7. The van der Waals surface area contributed by atoms with Crippen molar-refractivity contribution in [2.45, 2.75) is 19.8 Å². The van der Waals surface area contributed by atoms with Crippen molar-refractivity contribution in [3.8, 4) is 0 Å².